The molecule has 24 heavy (non-hydrogen) atoms. The van der Waals surface area contributed by atoms with Crippen LogP contribution in [0.1, 0.15) is 16.8 Å². The number of aryl methyl sites for hydroxylation is 1. The second kappa shape index (κ2) is 5.65. The molecule has 0 spiro atoms. The van der Waals surface area contributed by atoms with E-state index in [1.165, 1.54) is 0 Å². The van der Waals surface area contributed by atoms with Gasteiger partial charge in [0, 0.05) is 22.2 Å². The normalized spacial score (nSPS) is 12.5. The van der Waals surface area contributed by atoms with Gasteiger partial charge < -0.3 is 10.1 Å². The molecule has 0 fully saturated rings. The summed E-state index contributed by atoms with van der Waals surface area (Å²) >= 11 is 6.42. The molecule has 2 aromatic heterocycles. The fraction of sp³-hybridized carbons (Fsp3) is 0.118. The molecule has 1 aliphatic heterocycles. The second-order valence-corrected chi connectivity index (χ2v) is 5.79. The number of H-pyrrole nitrogens is 1. The van der Waals surface area contributed by atoms with Crippen LogP contribution in [0.4, 0.5) is 17.2 Å². The number of fused-ring (bicyclic) bond motifs is 2. The predicted octanol–water partition coefficient (Wildman–Crippen LogP) is 4.00. The van der Waals surface area contributed by atoms with Crippen LogP contribution in [-0.2, 0) is 0 Å². The molecule has 4 rings (SSSR count). The highest BCUT2D eigenvalue weighted by molar-refractivity contribution is 6.36. The van der Waals surface area contributed by atoms with Crippen molar-refractivity contribution < 1.29 is 4.74 Å². The lowest BCUT2D eigenvalue weighted by atomic mass is 10.0. The zero-order valence-electron chi connectivity index (χ0n) is 13.1. The number of aromatic amines is 1. The van der Waals surface area contributed by atoms with Crippen LogP contribution in [0, 0.1) is 6.92 Å². The van der Waals surface area contributed by atoms with Gasteiger partial charge in [-0.2, -0.15) is 5.10 Å². The maximum Gasteiger partial charge on any atom is 0.213 e. The van der Waals surface area contributed by atoms with E-state index in [1.54, 1.807) is 13.3 Å². The van der Waals surface area contributed by atoms with Gasteiger partial charge >= 0.3 is 0 Å². The van der Waals surface area contributed by atoms with Crippen LogP contribution in [0.3, 0.4) is 0 Å². The van der Waals surface area contributed by atoms with Gasteiger partial charge in [-0.3, -0.25) is 5.10 Å². The fourth-order valence-electron chi connectivity index (χ4n) is 2.65. The summed E-state index contributed by atoms with van der Waals surface area (Å²) in [5, 5.41) is 11.1. The second-order valence-electron chi connectivity index (χ2n) is 5.38. The maximum absolute atomic E-state index is 6.42. The Hall–Kier alpha value is -2.86. The molecule has 0 saturated heterocycles. The van der Waals surface area contributed by atoms with E-state index in [-0.39, 0.29) is 0 Å². The highest BCUT2D eigenvalue weighted by Crippen LogP contribution is 2.37. The topological polar surface area (TPSA) is 75.2 Å². The number of pyridine rings is 1. The lowest BCUT2D eigenvalue weighted by molar-refractivity contribution is 0.398. The van der Waals surface area contributed by atoms with Gasteiger partial charge in [0.1, 0.15) is 5.69 Å². The van der Waals surface area contributed by atoms with Gasteiger partial charge in [-0.25, -0.2) is 9.98 Å². The van der Waals surface area contributed by atoms with Crippen LogP contribution in [0.5, 0.6) is 5.88 Å². The summed E-state index contributed by atoms with van der Waals surface area (Å²) in [6.07, 6.45) is 1.71. The summed E-state index contributed by atoms with van der Waals surface area (Å²) in [7, 11) is 1.58. The maximum atomic E-state index is 6.42. The van der Waals surface area contributed by atoms with E-state index < -0.39 is 0 Å². The lowest BCUT2D eigenvalue weighted by Gasteiger charge is -2.12. The first-order chi connectivity index (χ1) is 11.7. The Balaban J connectivity index is 2.03. The third kappa shape index (κ3) is 2.32. The van der Waals surface area contributed by atoms with Crippen molar-refractivity contribution in [1.82, 2.24) is 15.2 Å². The monoisotopic (exact) mass is 339 g/mol. The summed E-state index contributed by atoms with van der Waals surface area (Å²) in [4.78, 5) is 9.11. The third-order valence-corrected chi connectivity index (χ3v) is 4.19. The summed E-state index contributed by atoms with van der Waals surface area (Å²) in [5.41, 5.74) is 4.85. The molecule has 1 aliphatic rings. The van der Waals surface area contributed by atoms with E-state index in [0.717, 1.165) is 33.9 Å². The number of nitrogens with one attached hydrogen (secondary N) is 2. The molecular formula is C17H14ClN5O. The van der Waals surface area contributed by atoms with Gasteiger partial charge in [0.2, 0.25) is 5.88 Å². The highest BCUT2D eigenvalue weighted by atomic mass is 35.5. The number of rotatable bonds is 2. The Kier molecular flexibility index (Phi) is 3.46. The highest BCUT2D eigenvalue weighted by Gasteiger charge is 2.23. The Labute approximate surface area is 143 Å². The smallest absolute Gasteiger partial charge is 0.213 e. The van der Waals surface area contributed by atoms with Crippen LogP contribution < -0.4 is 10.1 Å². The molecule has 3 aromatic rings. The van der Waals surface area contributed by atoms with Crippen molar-refractivity contribution in [3.05, 3.63) is 58.4 Å². The van der Waals surface area contributed by atoms with Crippen LogP contribution in [0.25, 0.3) is 0 Å². The van der Waals surface area contributed by atoms with Gasteiger partial charge in [0.05, 0.1) is 30.4 Å². The molecule has 7 heteroatoms. The molecular weight excluding hydrogens is 326 g/mol. The zero-order valence-corrected chi connectivity index (χ0v) is 13.8. The number of hydrogen-bond acceptors (Lipinski definition) is 5. The minimum Gasteiger partial charge on any atom is -0.481 e. The molecule has 0 amide bonds. The van der Waals surface area contributed by atoms with Crippen LogP contribution >= 0.6 is 11.6 Å². The largest absolute Gasteiger partial charge is 0.481 e. The number of anilines is 2. The fourth-order valence-corrected chi connectivity index (χ4v) is 2.87. The molecule has 0 radical (unpaired) electrons. The van der Waals surface area contributed by atoms with E-state index in [4.69, 9.17) is 21.3 Å². The van der Waals surface area contributed by atoms with Crippen molar-refractivity contribution >= 4 is 34.5 Å². The van der Waals surface area contributed by atoms with Crippen molar-refractivity contribution in [2.75, 3.05) is 12.4 Å². The number of nitrogens with zero attached hydrogens (tertiary/aromatic N) is 3. The van der Waals surface area contributed by atoms with Gasteiger partial charge in [-0.15, -0.1) is 0 Å². The van der Waals surface area contributed by atoms with Crippen molar-refractivity contribution in [3.8, 4) is 5.88 Å². The number of aliphatic imine (C=N–C) groups is 1. The first-order valence-electron chi connectivity index (χ1n) is 7.37. The SMILES string of the molecule is COc1cc2c(cn1)Nc1n[nH]c(C)c1N=C2c1ccccc1Cl. The summed E-state index contributed by atoms with van der Waals surface area (Å²) in [5.74, 6) is 1.16. The number of aromatic nitrogens is 3. The molecule has 0 saturated carbocycles. The zero-order chi connectivity index (χ0) is 16.7. The molecule has 0 aliphatic carbocycles. The average molecular weight is 340 g/mol. The average Bonchev–Trinajstić information content (AvgIpc) is 2.85. The number of benzene rings is 1. The van der Waals surface area contributed by atoms with Gasteiger partial charge in [-0.1, -0.05) is 29.8 Å². The molecule has 1 aromatic carbocycles. The summed E-state index contributed by atoms with van der Waals surface area (Å²) in [6, 6.07) is 9.46. The van der Waals surface area contributed by atoms with Crippen LogP contribution in [-0.4, -0.2) is 28.0 Å². The van der Waals surface area contributed by atoms with Crippen molar-refractivity contribution in [1.29, 1.82) is 0 Å². The minimum absolute atomic E-state index is 0.508. The minimum atomic E-state index is 0.508. The number of ether oxygens (including phenoxy) is 1. The predicted molar refractivity (Wildman–Crippen MR) is 94.1 cm³/mol. The number of halogens is 1. The molecule has 0 bridgehead atoms. The lowest BCUT2D eigenvalue weighted by Crippen LogP contribution is -2.07. The molecule has 120 valence electrons. The standard InChI is InChI=1S/C17H14ClN5O/c1-9-15-17(23-22-9)20-13-8-19-14(24-2)7-11(13)16(21-15)10-5-3-4-6-12(10)18/h3-8H,1-2H3,(H2,20,22,23). The van der Waals surface area contributed by atoms with Crippen molar-refractivity contribution in [3.63, 3.8) is 0 Å². The third-order valence-electron chi connectivity index (χ3n) is 3.86. The van der Waals surface area contributed by atoms with Gasteiger partial charge in [0.15, 0.2) is 5.82 Å². The Morgan fingerprint density at radius 1 is 1.17 bits per heavy atom. The van der Waals surface area contributed by atoms with Crippen molar-refractivity contribution in [2.24, 2.45) is 4.99 Å². The van der Waals surface area contributed by atoms with Gasteiger partial charge in [-0.05, 0) is 13.0 Å². The van der Waals surface area contributed by atoms with Crippen LogP contribution in [0.2, 0.25) is 5.02 Å². The quantitative estimate of drug-likeness (QED) is 0.578. The Bertz CT molecular complexity index is 963. The Morgan fingerprint density at radius 2 is 2.00 bits per heavy atom. The van der Waals surface area contributed by atoms with Crippen molar-refractivity contribution in [2.45, 2.75) is 6.92 Å². The Morgan fingerprint density at radius 3 is 2.79 bits per heavy atom. The first-order valence-corrected chi connectivity index (χ1v) is 7.75. The van der Waals surface area contributed by atoms with Crippen LogP contribution in [0.15, 0.2) is 41.5 Å². The van der Waals surface area contributed by atoms with E-state index >= 15 is 0 Å². The van der Waals surface area contributed by atoms with E-state index in [1.807, 2.05) is 37.3 Å². The first kappa shape index (κ1) is 14.7. The summed E-state index contributed by atoms with van der Waals surface area (Å²) < 4.78 is 5.27. The van der Waals surface area contributed by atoms with E-state index in [2.05, 4.69) is 20.5 Å². The molecule has 2 N–H and O–H groups in total. The molecule has 0 unspecified atom stereocenters. The molecule has 0 atom stereocenters. The van der Waals surface area contributed by atoms with E-state index in [0.29, 0.717) is 16.7 Å². The summed E-state index contributed by atoms with van der Waals surface area (Å²) in [6.45, 7) is 1.93. The van der Waals surface area contributed by atoms with E-state index in [9.17, 15) is 0 Å². The molecule has 6 nitrogen and oxygen atoms in total. The van der Waals surface area contributed by atoms with Gasteiger partial charge in [0.25, 0.3) is 0 Å². The number of methoxy groups -OCH3 is 1. The number of hydrogen-bond donors (Lipinski definition) is 2. The molecule has 3 heterocycles.